The van der Waals surface area contributed by atoms with Gasteiger partial charge in [0.2, 0.25) is 0 Å². The molecular weight excluding hydrogens is 200 g/mol. The van der Waals surface area contributed by atoms with Crippen LogP contribution >= 0.6 is 0 Å². The number of ether oxygens (including phenoxy) is 1. The molecule has 0 bridgehead atoms. The summed E-state index contributed by atoms with van der Waals surface area (Å²) in [4.78, 5) is 4.32. The summed E-state index contributed by atoms with van der Waals surface area (Å²) in [5.74, 6) is 2.00. The van der Waals surface area contributed by atoms with E-state index < -0.39 is 0 Å². The first-order chi connectivity index (χ1) is 7.92. The third-order valence-electron chi connectivity index (χ3n) is 4.45. The van der Waals surface area contributed by atoms with Gasteiger partial charge in [0.15, 0.2) is 0 Å². The van der Waals surface area contributed by atoms with Crippen LogP contribution in [-0.2, 0) is 4.74 Å². The summed E-state index contributed by atoms with van der Waals surface area (Å²) in [6, 6.07) is 1.43. The van der Waals surface area contributed by atoms with Crippen molar-refractivity contribution in [2.45, 2.75) is 51.0 Å². The minimum atomic E-state index is 0.621. The van der Waals surface area contributed by atoms with Crippen molar-refractivity contribution in [1.82, 2.24) is 5.32 Å². The van der Waals surface area contributed by atoms with Crippen molar-refractivity contribution in [3.8, 4) is 0 Å². The van der Waals surface area contributed by atoms with E-state index in [0.29, 0.717) is 6.04 Å². The topological polar surface area (TPSA) is 33.6 Å². The van der Waals surface area contributed by atoms with Crippen LogP contribution in [-0.4, -0.2) is 25.2 Å². The summed E-state index contributed by atoms with van der Waals surface area (Å²) in [7, 11) is 0. The highest BCUT2D eigenvalue weighted by molar-refractivity contribution is 5.75. The van der Waals surface area contributed by atoms with Crippen LogP contribution in [0.5, 0.6) is 0 Å². The molecule has 0 saturated heterocycles. The predicted molar refractivity (Wildman–Crippen MR) is 64.5 cm³/mol. The molecule has 3 aliphatic rings. The number of hydrogen-bond acceptors (Lipinski definition) is 3. The summed E-state index contributed by atoms with van der Waals surface area (Å²) in [5.41, 5.74) is 0. The van der Waals surface area contributed by atoms with Gasteiger partial charge in [-0.15, -0.1) is 0 Å². The molecule has 2 fully saturated rings. The van der Waals surface area contributed by atoms with Gasteiger partial charge in [0, 0.05) is 6.04 Å². The van der Waals surface area contributed by atoms with Crippen LogP contribution in [0.1, 0.15) is 44.9 Å². The number of aliphatic imine (C=N–C) groups is 1. The smallest absolute Gasteiger partial charge is 0.285 e. The number of nitrogens with zero attached hydrogens (tertiary/aromatic N) is 1. The average molecular weight is 222 g/mol. The summed E-state index contributed by atoms with van der Waals surface area (Å²) >= 11 is 0. The van der Waals surface area contributed by atoms with Crippen molar-refractivity contribution in [2.24, 2.45) is 16.8 Å². The molecule has 3 heteroatoms. The number of amidine groups is 1. The molecule has 0 radical (unpaired) electrons. The third kappa shape index (κ3) is 2.18. The van der Waals surface area contributed by atoms with Crippen molar-refractivity contribution in [3.05, 3.63) is 0 Å². The molecule has 0 aromatic carbocycles. The zero-order chi connectivity index (χ0) is 10.8. The molecule has 16 heavy (non-hydrogen) atoms. The molecule has 90 valence electrons. The minimum Gasteiger partial charge on any atom is -0.463 e. The van der Waals surface area contributed by atoms with Gasteiger partial charge >= 0.3 is 0 Å². The molecule has 0 unspecified atom stereocenters. The fourth-order valence-corrected chi connectivity index (χ4v) is 3.60. The molecule has 3 rings (SSSR count). The second kappa shape index (κ2) is 4.64. The highest BCUT2D eigenvalue weighted by Gasteiger charge is 2.32. The molecule has 0 aromatic rings. The first-order valence-corrected chi connectivity index (χ1v) is 6.85. The second-order valence-electron chi connectivity index (χ2n) is 5.49. The van der Waals surface area contributed by atoms with E-state index in [4.69, 9.17) is 4.74 Å². The van der Waals surface area contributed by atoms with Crippen molar-refractivity contribution in [3.63, 3.8) is 0 Å². The summed E-state index contributed by atoms with van der Waals surface area (Å²) in [5, 5.41) is 3.48. The average Bonchev–Trinajstić information content (AvgIpc) is 2.82. The molecule has 0 amide bonds. The Morgan fingerprint density at radius 1 is 1.06 bits per heavy atom. The Kier molecular flexibility index (Phi) is 3.02. The van der Waals surface area contributed by atoms with Gasteiger partial charge in [0.05, 0.1) is 6.54 Å². The summed E-state index contributed by atoms with van der Waals surface area (Å²) in [6.45, 7) is 1.60. The van der Waals surface area contributed by atoms with Crippen LogP contribution in [0.3, 0.4) is 0 Å². The molecule has 3 atom stereocenters. The molecule has 0 spiro atoms. The van der Waals surface area contributed by atoms with Crippen molar-refractivity contribution >= 4 is 6.02 Å². The Bertz CT molecular complexity index is 277. The molecule has 0 aromatic heterocycles. The Hall–Kier alpha value is -0.730. The Labute approximate surface area is 97.7 Å². The fourth-order valence-electron chi connectivity index (χ4n) is 3.60. The fraction of sp³-hybridized carbons (Fsp3) is 0.923. The standard InChI is InChI=1S/C13H22N2O/c1-2-4-11-9-12(6-5-10(11)3-1)15-13-14-7-8-16-13/h10-12H,1-9H2,(H,14,15)/t10-,11+,12+/m0/s1. The number of hydrogen-bond donors (Lipinski definition) is 1. The number of nitrogens with one attached hydrogen (secondary N) is 1. The van der Waals surface area contributed by atoms with Gasteiger partial charge in [-0.1, -0.05) is 25.7 Å². The largest absolute Gasteiger partial charge is 0.463 e. The van der Waals surface area contributed by atoms with Crippen LogP contribution in [0.4, 0.5) is 0 Å². The first kappa shape index (κ1) is 10.4. The van der Waals surface area contributed by atoms with Gasteiger partial charge in [0.1, 0.15) is 6.61 Å². The maximum Gasteiger partial charge on any atom is 0.285 e. The molecule has 1 heterocycles. The lowest BCUT2D eigenvalue weighted by molar-refractivity contribution is 0.147. The van der Waals surface area contributed by atoms with Gasteiger partial charge in [-0.05, 0) is 31.1 Å². The van der Waals surface area contributed by atoms with Gasteiger partial charge in [-0.25, -0.2) is 4.99 Å². The molecular formula is C13H22N2O. The quantitative estimate of drug-likeness (QED) is 0.738. The molecule has 1 aliphatic heterocycles. The molecule has 1 N–H and O–H groups in total. The maximum absolute atomic E-state index is 5.43. The second-order valence-corrected chi connectivity index (χ2v) is 5.49. The van der Waals surface area contributed by atoms with Crippen LogP contribution in [0.25, 0.3) is 0 Å². The van der Waals surface area contributed by atoms with Crippen LogP contribution in [0.2, 0.25) is 0 Å². The van der Waals surface area contributed by atoms with E-state index in [0.717, 1.165) is 31.0 Å². The highest BCUT2D eigenvalue weighted by Crippen LogP contribution is 2.40. The van der Waals surface area contributed by atoms with Crippen molar-refractivity contribution < 1.29 is 4.74 Å². The van der Waals surface area contributed by atoms with Gasteiger partial charge < -0.3 is 10.1 Å². The van der Waals surface area contributed by atoms with E-state index >= 15 is 0 Å². The van der Waals surface area contributed by atoms with E-state index in [9.17, 15) is 0 Å². The lowest BCUT2D eigenvalue weighted by Crippen LogP contribution is -2.41. The minimum absolute atomic E-state index is 0.621. The Morgan fingerprint density at radius 2 is 1.94 bits per heavy atom. The van der Waals surface area contributed by atoms with E-state index in [-0.39, 0.29) is 0 Å². The van der Waals surface area contributed by atoms with Crippen LogP contribution in [0.15, 0.2) is 4.99 Å². The van der Waals surface area contributed by atoms with Crippen molar-refractivity contribution in [2.75, 3.05) is 13.2 Å². The zero-order valence-electron chi connectivity index (χ0n) is 9.95. The predicted octanol–water partition coefficient (Wildman–Crippen LogP) is 2.32. The summed E-state index contributed by atoms with van der Waals surface area (Å²) in [6.07, 6.45) is 9.91. The lowest BCUT2D eigenvalue weighted by Gasteiger charge is -2.39. The van der Waals surface area contributed by atoms with Crippen LogP contribution in [0, 0.1) is 11.8 Å². The zero-order valence-corrected chi connectivity index (χ0v) is 9.95. The Morgan fingerprint density at radius 3 is 2.75 bits per heavy atom. The highest BCUT2D eigenvalue weighted by atomic mass is 16.5. The molecule has 3 nitrogen and oxygen atoms in total. The van der Waals surface area contributed by atoms with Crippen LogP contribution < -0.4 is 5.32 Å². The van der Waals surface area contributed by atoms with E-state index in [2.05, 4.69) is 10.3 Å². The Balaban J connectivity index is 1.54. The van der Waals surface area contributed by atoms with Crippen molar-refractivity contribution in [1.29, 1.82) is 0 Å². The summed E-state index contributed by atoms with van der Waals surface area (Å²) < 4.78 is 5.43. The number of fused-ring (bicyclic) bond motifs is 1. The third-order valence-corrected chi connectivity index (χ3v) is 4.45. The van der Waals surface area contributed by atoms with E-state index in [1.54, 1.807) is 0 Å². The molecule has 2 aliphatic carbocycles. The van der Waals surface area contributed by atoms with Gasteiger partial charge in [0.25, 0.3) is 6.02 Å². The lowest BCUT2D eigenvalue weighted by atomic mass is 9.69. The SMILES string of the molecule is C1CC[C@@H]2C[C@H](NC3=NCCO3)CC[C@@H]2C1. The van der Waals surface area contributed by atoms with E-state index in [1.165, 1.54) is 44.9 Å². The monoisotopic (exact) mass is 222 g/mol. The number of rotatable bonds is 1. The van der Waals surface area contributed by atoms with E-state index in [1.807, 2.05) is 0 Å². The molecule has 2 saturated carbocycles. The van der Waals surface area contributed by atoms with Gasteiger partial charge in [-0.3, -0.25) is 0 Å². The maximum atomic E-state index is 5.43. The first-order valence-electron chi connectivity index (χ1n) is 6.85. The normalized spacial score (nSPS) is 38.5. The van der Waals surface area contributed by atoms with Gasteiger partial charge in [-0.2, -0.15) is 0 Å².